The van der Waals surface area contributed by atoms with E-state index in [0.29, 0.717) is 16.9 Å². The van der Waals surface area contributed by atoms with Crippen LogP contribution in [0.25, 0.3) is 10.9 Å². The second kappa shape index (κ2) is 4.72. The summed E-state index contributed by atoms with van der Waals surface area (Å²) in [6.45, 7) is 1.60. The Balaban J connectivity index is 2.06. The molecule has 0 aliphatic heterocycles. The van der Waals surface area contributed by atoms with Crippen LogP contribution in [0.1, 0.15) is 5.69 Å². The van der Waals surface area contributed by atoms with E-state index in [1.165, 1.54) is 0 Å². The van der Waals surface area contributed by atoms with Gasteiger partial charge in [0, 0.05) is 5.39 Å². The molecular formula is C11H9ClN4O2S2. The third kappa shape index (κ3) is 2.26. The zero-order valence-electron chi connectivity index (χ0n) is 10.2. The molecule has 0 fully saturated rings. The molecule has 2 aromatic heterocycles. The number of fused-ring (bicyclic) bond motifs is 1. The molecule has 104 valence electrons. The lowest BCUT2D eigenvalue weighted by molar-refractivity contribution is 0.602. The topological polar surface area (TPSA) is 87.7 Å². The van der Waals surface area contributed by atoms with Crippen LogP contribution in [0.5, 0.6) is 0 Å². The van der Waals surface area contributed by atoms with E-state index in [1.807, 2.05) is 6.07 Å². The van der Waals surface area contributed by atoms with Crippen molar-refractivity contribution in [3.63, 3.8) is 0 Å². The predicted octanol–water partition coefficient (Wildman–Crippen LogP) is 2.78. The van der Waals surface area contributed by atoms with Gasteiger partial charge in [0.2, 0.25) is 0 Å². The first-order valence-electron chi connectivity index (χ1n) is 5.55. The Morgan fingerprint density at radius 1 is 1.40 bits per heavy atom. The molecule has 0 unspecified atom stereocenters. The minimum Gasteiger partial charge on any atom is -0.277 e. The van der Waals surface area contributed by atoms with Crippen LogP contribution in [0.15, 0.2) is 28.6 Å². The Morgan fingerprint density at radius 2 is 2.20 bits per heavy atom. The molecule has 6 nitrogen and oxygen atoms in total. The highest BCUT2D eigenvalue weighted by Gasteiger charge is 2.22. The highest BCUT2D eigenvalue weighted by atomic mass is 35.5. The lowest BCUT2D eigenvalue weighted by Gasteiger charge is -2.07. The number of hydrogen-bond donors (Lipinski definition) is 2. The average Bonchev–Trinajstić information content (AvgIpc) is 2.96. The first-order chi connectivity index (χ1) is 9.47. The number of aromatic amines is 1. The maximum absolute atomic E-state index is 12.4. The number of thiazole rings is 1. The number of nitrogens with one attached hydrogen (secondary N) is 2. The van der Waals surface area contributed by atoms with E-state index in [1.54, 1.807) is 25.3 Å². The summed E-state index contributed by atoms with van der Waals surface area (Å²) < 4.78 is 27.6. The SMILES string of the molecule is Cc1nc(Cl)sc1S(=O)(=O)Nc1cccc2cn[nH]c12. The molecule has 0 bridgehead atoms. The van der Waals surface area contributed by atoms with E-state index in [9.17, 15) is 8.42 Å². The first kappa shape index (κ1) is 13.3. The van der Waals surface area contributed by atoms with Gasteiger partial charge in [-0.15, -0.1) is 0 Å². The molecule has 3 rings (SSSR count). The molecule has 0 saturated heterocycles. The Hall–Kier alpha value is -1.64. The van der Waals surface area contributed by atoms with Crippen molar-refractivity contribution in [1.29, 1.82) is 0 Å². The third-order valence-corrected chi connectivity index (χ3v) is 5.93. The van der Waals surface area contributed by atoms with Crippen molar-refractivity contribution in [2.24, 2.45) is 0 Å². The molecule has 9 heteroatoms. The highest BCUT2D eigenvalue weighted by Crippen LogP contribution is 2.30. The van der Waals surface area contributed by atoms with E-state index in [-0.39, 0.29) is 8.68 Å². The van der Waals surface area contributed by atoms with Crippen LogP contribution < -0.4 is 4.72 Å². The van der Waals surface area contributed by atoms with Gasteiger partial charge in [0.1, 0.15) is 0 Å². The number of sulfonamides is 1. The highest BCUT2D eigenvalue weighted by molar-refractivity contribution is 7.94. The fraction of sp³-hybridized carbons (Fsp3) is 0.0909. The number of benzene rings is 1. The van der Waals surface area contributed by atoms with Crippen molar-refractivity contribution in [3.05, 3.63) is 34.6 Å². The molecule has 0 aliphatic carbocycles. The lowest BCUT2D eigenvalue weighted by atomic mass is 10.2. The van der Waals surface area contributed by atoms with E-state index >= 15 is 0 Å². The normalized spacial score (nSPS) is 11.9. The summed E-state index contributed by atoms with van der Waals surface area (Å²) in [5, 5.41) is 7.49. The fourth-order valence-corrected chi connectivity index (χ4v) is 4.66. The Bertz CT molecular complexity index is 885. The van der Waals surface area contributed by atoms with Crippen LogP contribution in [0.4, 0.5) is 5.69 Å². The average molecular weight is 329 g/mol. The van der Waals surface area contributed by atoms with Gasteiger partial charge in [-0.1, -0.05) is 35.1 Å². The number of para-hydroxylation sites is 1. The number of aromatic nitrogens is 3. The van der Waals surface area contributed by atoms with E-state index < -0.39 is 10.0 Å². The van der Waals surface area contributed by atoms with Crippen molar-refractivity contribution >= 4 is 49.6 Å². The molecule has 0 amide bonds. The first-order valence-corrected chi connectivity index (χ1v) is 8.23. The summed E-state index contributed by atoms with van der Waals surface area (Å²) in [5.74, 6) is 0. The maximum atomic E-state index is 12.4. The molecule has 0 spiro atoms. The van der Waals surface area contributed by atoms with Gasteiger partial charge in [-0.05, 0) is 13.0 Å². The summed E-state index contributed by atoms with van der Waals surface area (Å²) in [7, 11) is -3.72. The molecule has 0 aliphatic rings. The molecule has 0 saturated carbocycles. The number of hydrogen-bond acceptors (Lipinski definition) is 5. The summed E-state index contributed by atoms with van der Waals surface area (Å²) in [6, 6.07) is 5.25. The van der Waals surface area contributed by atoms with Crippen LogP contribution in [-0.2, 0) is 10.0 Å². The van der Waals surface area contributed by atoms with E-state index in [2.05, 4.69) is 19.9 Å². The number of nitrogens with zero attached hydrogens (tertiary/aromatic N) is 2. The summed E-state index contributed by atoms with van der Waals surface area (Å²) in [5.41, 5.74) is 1.44. The molecule has 3 aromatic rings. The van der Waals surface area contributed by atoms with Gasteiger partial charge < -0.3 is 0 Å². The molecule has 1 aromatic carbocycles. The maximum Gasteiger partial charge on any atom is 0.273 e. The molecule has 0 radical (unpaired) electrons. The Labute approximate surface area is 123 Å². The molecule has 0 atom stereocenters. The Kier molecular flexibility index (Phi) is 3.15. The molecule has 2 N–H and O–H groups in total. The van der Waals surface area contributed by atoms with Crippen LogP contribution >= 0.6 is 22.9 Å². The van der Waals surface area contributed by atoms with Gasteiger partial charge in [0.25, 0.3) is 10.0 Å². The largest absolute Gasteiger partial charge is 0.277 e. The smallest absolute Gasteiger partial charge is 0.273 e. The molecular weight excluding hydrogens is 320 g/mol. The van der Waals surface area contributed by atoms with Gasteiger partial charge in [-0.25, -0.2) is 13.4 Å². The van der Waals surface area contributed by atoms with Crippen LogP contribution in [-0.4, -0.2) is 23.6 Å². The zero-order chi connectivity index (χ0) is 14.3. The van der Waals surface area contributed by atoms with Gasteiger partial charge in [-0.3, -0.25) is 9.82 Å². The van der Waals surface area contributed by atoms with Crippen LogP contribution in [0.3, 0.4) is 0 Å². The van der Waals surface area contributed by atoms with Crippen molar-refractivity contribution in [2.75, 3.05) is 4.72 Å². The minimum absolute atomic E-state index is 0.110. The van der Waals surface area contributed by atoms with Crippen molar-refractivity contribution in [2.45, 2.75) is 11.1 Å². The van der Waals surface area contributed by atoms with Gasteiger partial charge >= 0.3 is 0 Å². The lowest BCUT2D eigenvalue weighted by Crippen LogP contribution is -2.13. The number of aryl methyl sites for hydroxylation is 1. The van der Waals surface area contributed by atoms with E-state index in [4.69, 9.17) is 11.6 Å². The quantitative estimate of drug-likeness (QED) is 0.773. The third-order valence-electron chi connectivity index (χ3n) is 2.69. The van der Waals surface area contributed by atoms with Crippen molar-refractivity contribution in [3.8, 4) is 0 Å². The number of H-pyrrole nitrogens is 1. The van der Waals surface area contributed by atoms with Gasteiger partial charge in [0.05, 0.1) is 23.1 Å². The van der Waals surface area contributed by atoms with Crippen LogP contribution in [0.2, 0.25) is 4.47 Å². The van der Waals surface area contributed by atoms with Crippen molar-refractivity contribution in [1.82, 2.24) is 15.2 Å². The monoisotopic (exact) mass is 328 g/mol. The summed E-state index contributed by atoms with van der Waals surface area (Å²) >= 11 is 6.68. The summed E-state index contributed by atoms with van der Waals surface area (Å²) in [6.07, 6.45) is 1.63. The minimum atomic E-state index is -3.72. The summed E-state index contributed by atoms with van der Waals surface area (Å²) in [4.78, 5) is 3.92. The number of halogens is 1. The van der Waals surface area contributed by atoms with E-state index in [0.717, 1.165) is 16.7 Å². The second-order valence-electron chi connectivity index (χ2n) is 4.08. The predicted molar refractivity (Wildman–Crippen MR) is 78.8 cm³/mol. The molecule has 2 heterocycles. The second-order valence-corrected chi connectivity index (χ2v) is 7.54. The standard InChI is InChI=1S/C11H9ClN4O2S2/c1-6-10(19-11(12)14-6)20(17,18)16-8-4-2-3-7-5-13-15-9(7)8/h2-5,16H,1H3,(H,13,15). The number of rotatable bonds is 3. The van der Waals surface area contributed by atoms with Gasteiger partial charge in [0.15, 0.2) is 8.68 Å². The van der Waals surface area contributed by atoms with Crippen molar-refractivity contribution < 1.29 is 8.42 Å². The molecule has 20 heavy (non-hydrogen) atoms. The van der Waals surface area contributed by atoms with Crippen LogP contribution in [0, 0.1) is 6.92 Å². The number of anilines is 1. The Morgan fingerprint density at radius 3 is 2.90 bits per heavy atom. The van der Waals surface area contributed by atoms with Gasteiger partial charge in [-0.2, -0.15) is 5.10 Å². The zero-order valence-corrected chi connectivity index (χ0v) is 12.6. The fourth-order valence-electron chi connectivity index (χ4n) is 1.85.